The molecular weight excluding hydrogens is 479 g/mol. The van der Waals surface area contributed by atoms with Gasteiger partial charge < -0.3 is 15.7 Å². The number of nitrogens with zero attached hydrogens (tertiary/aromatic N) is 2. The average Bonchev–Trinajstić information content (AvgIpc) is 3.66. The zero-order valence-electron chi connectivity index (χ0n) is 19.4. The van der Waals surface area contributed by atoms with Crippen LogP contribution in [-0.4, -0.2) is 26.8 Å². The standard InChI is InChI=1S/C27H25FN4O3S/c28-19-9-7-17(8-10-19)16-29-27(35)32-23(18-4-1-2-5-18)15-22(31-32)21-14-20(11-12-24(21)33)30-26(34)25-6-3-13-36-25/h3,6-15,18,33H,1-2,4-5,16H2,(H,29,35)(H,30,34). The van der Waals surface area contributed by atoms with E-state index in [4.69, 9.17) is 0 Å². The molecule has 0 atom stereocenters. The predicted octanol–water partition coefficient (Wildman–Crippen LogP) is 6.12. The van der Waals surface area contributed by atoms with E-state index in [1.807, 2.05) is 11.4 Å². The van der Waals surface area contributed by atoms with Crippen molar-refractivity contribution in [1.82, 2.24) is 15.1 Å². The van der Waals surface area contributed by atoms with Crippen LogP contribution < -0.4 is 10.6 Å². The van der Waals surface area contributed by atoms with Crippen LogP contribution >= 0.6 is 11.3 Å². The summed E-state index contributed by atoms with van der Waals surface area (Å²) in [4.78, 5) is 26.2. The van der Waals surface area contributed by atoms with Gasteiger partial charge in [0.1, 0.15) is 11.6 Å². The summed E-state index contributed by atoms with van der Waals surface area (Å²) in [6, 6.07) is 15.7. The normalized spacial score (nSPS) is 13.6. The summed E-state index contributed by atoms with van der Waals surface area (Å²) in [5.41, 5.74) is 2.93. The number of thiophene rings is 1. The van der Waals surface area contributed by atoms with Crippen LogP contribution in [0.1, 0.15) is 52.5 Å². The molecule has 36 heavy (non-hydrogen) atoms. The van der Waals surface area contributed by atoms with Gasteiger partial charge in [-0.1, -0.05) is 31.0 Å². The molecule has 0 unspecified atom stereocenters. The number of hydrogen-bond donors (Lipinski definition) is 3. The highest BCUT2D eigenvalue weighted by Crippen LogP contribution is 2.38. The summed E-state index contributed by atoms with van der Waals surface area (Å²) >= 11 is 1.34. The van der Waals surface area contributed by atoms with Gasteiger partial charge in [0.25, 0.3) is 5.91 Å². The molecule has 0 aliphatic heterocycles. The van der Waals surface area contributed by atoms with Crippen molar-refractivity contribution in [3.63, 3.8) is 0 Å². The number of nitrogens with one attached hydrogen (secondary N) is 2. The number of benzene rings is 2. The minimum Gasteiger partial charge on any atom is -0.507 e. The van der Waals surface area contributed by atoms with Crippen molar-refractivity contribution in [3.05, 3.63) is 88.0 Å². The van der Waals surface area contributed by atoms with Crippen molar-refractivity contribution in [2.24, 2.45) is 0 Å². The molecule has 2 aromatic carbocycles. The monoisotopic (exact) mass is 504 g/mol. The highest BCUT2D eigenvalue weighted by Gasteiger charge is 2.26. The van der Waals surface area contributed by atoms with Crippen LogP contribution in [-0.2, 0) is 6.54 Å². The Morgan fingerprint density at radius 1 is 1.08 bits per heavy atom. The fourth-order valence-corrected chi connectivity index (χ4v) is 5.10. The smallest absolute Gasteiger partial charge is 0.342 e. The second kappa shape index (κ2) is 10.3. The second-order valence-corrected chi connectivity index (χ2v) is 9.74. The van der Waals surface area contributed by atoms with Gasteiger partial charge in [-0.15, -0.1) is 11.3 Å². The summed E-state index contributed by atoms with van der Waals surface area (Å²) in [7, 11) is 0. The Kier molecular flexibility index (Phi) is 6.81. The molecule has 9 heteroatoms. The maximum absolute atomic E-state index is 13.2. The van der Waals surface area contributed by atoms with Crippen LogP contribution in [0.4, 0.5) is 14.9 Å². The van der Waals surface area contributed by atoms with Gasteiger partial charge in [-0.25, -0.2) is 9.18 Å². The van der Waals surface area contributed by atoms with Crippen LogP contribution in [0, 0.1) is 5.82 Å². The van der Waals surface area contributed by atoms with Crippen molar-refractivity contribution in [1.29, 1.82) is 0 Å². The van der Waals surface area contributed by atoms with Gasteiger partial charge in [-0.2, -0.15) is 9.78 Å². The van der Waals surface area contributed by atoms with Gasteiger partial charge in [0, 0.05) is 23.7 Å². The maximum Gasteiger partial charge on any atom is 0.342 e. The van der Waals surface area contributed by atoms with E-state index in [-0.39, 0.29) is 29.9 Å². The quantitative estimate of drug-likeness (QED) is 0.276. The highest BCUT2D eigenvalue weighted by molar-refractivity contribution is 7.12. The maximum atomic E-state index is 13.2. The number of anilines is 1. The van der Waals surface area contributed by atoms with Gasteiger partial charge in [-0.3, -0.25) is 4.79 Å². The number of carbonyl (C=O) groups excluding carboxylic acids is 2. The summed E-state index contributed by atoms with van der Waals surface area (Å²) in [6.45, 7) is 0.230. The fourth-order valence-electron chi connectivity index (χ4n) is 4.48. The minimum absolute atomic E-state index is 0.00142. The topological polar surface area (TPSA) is 96.2 Å². The number of phenols is 1. The third-order valence-electron chi connectivity index (χ3n) is 6.34. The van der Waals surface area contributed by atoms with Gasteiger partial charge in [0.15, 0.2) is 0 Å². The largest absolute Gasteiger partial charge is 0.507 e. The van der Waals surface area contributed by atoms with Crippen molar-refractivity contribution in [2.45, 2.75) is 38.1 Å². The number of rotatable bonds is 6. The lowest BCUT2D eigenvalue weighted by atomic mass is 10.0. The molecule has 1 fully saturated rings. The zero-order valence-corrected chi connectivity index (χ0v) is 20.2. The molecule has 0 spiro atoms. The predicted molar refractivity (Wildman–Crippen MR) is 137 cm³/mol. The Bertz CT molecular complexity index is 1380. The van der Waals surface area contributed by atoms with Crippen LogP contribution in [0.15, 0.2) is 66.0 Å². The van der Waals surface area contributed by atoms with Crippen molar-refractivity contribution in [2.75, 3.05) is 5.32 Å². The molecule has 7 nitrogen and oxygen atoms in total. The van der Waals surface area contributed by atoms with Crippen molar-refractivity contribution < 1.29 is 19.1 Å². The second-order valence-electron chi connectivity index (χ2n) is 8.80. The first-order chi connectivity index (χ1) is 17.5. The molecule has 1 aliphatic carbocycles. The van der Waals surface area contributed by atoms with Crippen LogP contribution in [0.3, 0.4) is 0 Å². The van der Waals surface area contributed by atoms with Crippen LogP contribution in [0.2, 0.25) is 0 Å². The van der Waals surface area contributed by atoms with Crippen molar-refractivity contribution >= 4 is 29.0 Å². The molecule has 2 amide bonds. The first kappa shape index (κ1) is 23.7. The van der Waals surface area contributed by atoms with E-state index in [0.717, 1.165) is 36.9 Å². The van der Waals surface area contributed by atoms with E-state index in [1.54, 1.807) is 36.4 Å². The highest BCUT2D eigenvalue weighted by atomic mass is 32.1. The summed E-state index contributed by atoms with van der Waals surface area (Å²) in [6.07, 6.45) is 4.08. The van der Waals surface area contributed by atoms with Gasteiger partial charge in [0.05, 0.1) is 16.3 Å². The van der Waals surface area contributed by atoms with Gasteiger partial charge in [-0.05, 0) is 66.2 Å². The number of carbonyl (C=O) groups is 2. The third-order valence-corrected chi connectivity index (χ3v) is 7.20. The molecule has 2 aromatic heterocycles. The Hall–Kier alpha value is -3.98. The lowest BCUT2D eigenvalue weighted by Crippen LogP contribution is -2.30. The summed E-state index contributed by atoms with van der Waals surface area (Å²) in [5.74, 6) is -0.386. The molecule has 0 saturated heterocycles. The van der Waals surface area contributed by atoms with E-state index in [0.29, 0.717) is 21.8 Å². The molecular formula is C27H25FN4O3S. The molecule has 184 valence electrons. The Balaban J connectivity index is 1.42. The van der Waals surface area contributed by atoms with E-state index in [1.165, 1.54) is 34.2 Å². The van der Waals surface area contributed by atoms with E-state index >= 15 is 0 Å². The molecule has 3 N–H and O–H groups in total. The Morgan fingerprint density at radius 3 is 2.58 bits per heavy atom. The number of aromatic hydroxyl groups is 1. The van der Waals surface area contributed by atoms with E-state index in [2.05, 4.69) is 15.7 Å². The number of hydrogen-bond acceptors (Lipinski definition) is 5. The number of halogens is 1. The van der Waals surface area contributed by atoms with E-state index in [9.17, 15) is 19.1 Å². The number of aromatic nitrogens is 2. The summed E-state index contributed by atoms with van der Waals surface area (Å²) < 4.78 is 14.6. The molecule has 0 bridgehead atoms. The first-order valence-corrected chi connectivity index (χ1v) is 12.7. The number of phenolic OH excluding ortho intramolecular Hbond substituents is 1. The minimum atomic E-state index is -0.394. The Labute approximate surface area is 211 Å². The SMILES string of the molecule is O=C(Nc1ccc(O)c(-c2cc(C3CCCC3)n(C(=O)NCc3ccc(F)cc3)n2)c1)c1cccs1. The summed E-state index contributed by atoms with van der Waals surface area (Å²) in [5, 5.41) is 22.7. The molecule has 2 heterocycles. The zero-order chi connectivity index (χ0) is 25.1. The molecule has 1 saturated carbocycles. The average molecular weight is 505 g/mol. The Morgan fingerprint density at radius 2 is 1.86 bits per heavy atom. The molecule has 1 aliphatic rings. The lowest BCUT2D eigenvalue weighted by molar-refractivity contribution is 0.103. The molecule has 0 radical (unpaired) electrons. The van der Waals surface area contributed by atoms with Crippen molar-refractivity contribution in [3.8, 4) is 17.0 Å². The molecule has 5 rings (SSSR count). The van der Waals surface area contributed by atoms with Gasteiger partial charge >= 0.3 is 6.03 Å². The van der Waals surface area contributed by atoms with E-state index < -0.39 is 6.03 Å². The van der Waals surface area contributed by atoms with Crippen LogP contribution in [0.5, 0.6) is 5.75 Å². The molecule has 4 aromatic rings. The first-order valence-electron chi connectivity index (χ1n) is 11.8. The van der Waals surface area contributed by atoms with Crippen LogP contribution in [0.25, 0.3) is 11.3 Å². The lowest BCUT2D eigenvalue weighted by Gasteiger charge is -2.12. The fraction of sp³-hybridized carbons (Fsp3) is 0.222. The van der Waals surface area contributed by atoms with Gasteiger partial charge in [0.2, 0.25) is 0 Å². The third kappa shape index (κ3) is 5.16. The number of amides is 2.